The van der Waals surface area contributed by atoms with Crippen molar-refractivity contribution >= 4 is 32.5 Å². The smallest absolute Gasteiger partial charge is 0.340 e. The van der Waals surface area contributed by atoms with E-state index >= 15 is 0 Å². The molecule has 174 valence electrons. The first kappa shape index (κ1) is 24.2. The molecule has 0 aliphatic rings. The predicted molar refractivity (Wildman–Crippen MR) is 130 cm³/mol. The average Bonchev–Trinajstić information content (AvgIpc) is 3.25. The minimum absolute atomic E-state index is 0.111. The van der Waals surface area contributed by atoms with E-state index in [0.717, 1.165) is 16.5 Å². The van der Waals surface area contributed by atoms with Crippen molar-refractivity contribution < 1.29 is 17.6 Å². The molecule has 2 heterocycles. The summed E-state index contributed by atoms with van der Waals surface area (Å²) in [5.74, 6) is 0.549. The first-order valence-corrected chi connectivity index (χ1v) is 12.1. The van der Waals surface area contributed by atoms with E-state index in [9.17, 15) is 13.2 Å². The maximum absolute atomic E-state index is 12.8. The quantitative estimate of drug-likeness (QED) is 0.311. The van der Waals surface area contributed by atoms with Gasteiger partial charge in [-0.2, -0.15) is 8.42 Å². The van der Waals surface area contributed by atoms with Crippen LogP contribution in [0.1, 0.15) is 16.7 Å². The highest BCUT2D eigenvalue weighted by Crippen LogP contribution is 2.32. The maximum Gasteiger partial charge on any atom is 0.340 e. The van der Waals surface area contributed by atoms with Crippen LogP contribution in [-0.4, -0.2) is 20.4 Å². The Kier molecular flexibility index (Phi) is 7.36. The number of nitrogens with zero attached hydrogens (tertiary/aromatic N) is 1. The monoisotopic (exact) mass is 488 g/mol. The van der Waals surface area contributed by atoms with Gasteiger partial charge in [-0.3, -0.25) is 4.72 Å². The van der Waals surface area contributed by atoms with Gasteiger partial charge in [0, 0.05) is 47.8 Å². The lowest BCUT2D eigenvalue weighted by molar-refractivity contribution is 0.473. The highest BCUT2D eigenvalue weighted by molar-refractivity contribution is 7.87. The molecule has 0 amide bonds. The lowest BCUT2D eigenvalue weighted by Crippen LogP contribution is -2.32. The second kappa shape index (κ2) is 10.0. The summed E-state index contributed by atoms with van der Waals surface area (Å²) in [6, 6.07) is 3.57. The standard InChI is InChI=1S/C22H24N4O5S2/c1-13-9-17-15(3)18(11-16(5-6-23)10-14(2)26-33(28,29)24-4)21(27)30-20(17)12-19(13)31-22-25-7-8-32-22/h5-10,12,24,26H,2,11,23H2,1,3-4H3/b6-5-,16-10+. The second-order valence-electron chi connectivity index (χ2n) is 7.10. The van der Waals surface area contributed by atoms with Gasteiger partial charge in [-0.25, -0.2) is 14.5 Å². The highest BCUT2D eigenvalue weighted by atomic mass is 32.2. The van der Waals surface area contributed by atoms with Gasteiger partial charge in [-0.05, 0) is 55.0 Å². The van der Waals surface area contributed by atoms with Crippen LogP contribution in [0.2, 0.25) is 0 Å². The Hall–Kier alpha value is -3.41. The van der Waals surface area contributed by atoms with Crippen molar-refractivity contribution in [3.63, 3.8) is 0 Å². The molecule has 0 atom stereocenters. The fraction of sp³-hybridized carbons (Fsp3) is 0.182. The minimum atomic E-state index is -3.72. The van der Waals surface area contributed by atoms with Gasteiger partial charge in [0.15, 0.2) is 0 Å². The Morgan fingerprint density at radius 1 is 1.36 bits per heavy atom. The lowest BCUT2D eigenvalue weighted by Gasteiger charge is -2.12. The van der Waals surface area contributed by atoms with Gasteiger partial charge >= 0.3 is 5.63 Å². The zero-order chi connectivity index (χ0) is 24.2. The number of benzene rings is 1. The Morgan fingerprint density at radius 2 is 2.12 bits per heavy atom. The molecule has 3 aromatic rings. The molecule has 3 rings (SSSR count). The molecule has 11 heteroatoms. The summed E-state index contributed by atoms with van der Waals surface area (Å²) in [5, 5.41) is 3.06. The zero-order valence-corrected chi connectivity index (χ0v) is 20.0. The number of ether oxygens (including phenoxy) is 1. The van der Waals surface area contributed by atoms with Crippen LogP contribution in [0.4, 0.5) is 0 Å². The molecular formula is C22H24N4O5S2. The summed E-state index contributed by atoms with van der Waals surface area (Å²) in [5.41, 5.74) is 8.12. The molecule has 0 saturated carbocycles. The van der Waals surface area contributed by atoms with Crippen LogP contribution in [0.5, 0.6) is 10.9 Å². The third kappa shape index (κ3) is 5.89. The molecule has 0 aliphatic heterocycles. The van der Waals surface area contributed by atoms with Crippen LogP contribution in [0.15, 0.2) is 69.1 Å². The van der Waals surface area contributed by atoms with Gasteiger partial charge in [-0.1, -0.05) is 17.9 Å². The summed E-state index contributed by atoms with van der Waals surface area (Å²) in [6.07, 6.45) is 6.17. The number of thiazole rings is 1. The van der Waals surface area contributed by atoms with Crippen molar-refractivity contribution in [2.45, 2.75) is 20.3 Å². The second-order valence-corrected chi connectivity index (χ2v) is 9.57. The van der Waals surface area contributed by atoms with Crippen LogP contribution >= 0.6 is 11.3 Å². The molecule has 0 aliphatic carbocycles. The van der Waals surface area contributed by atoms with Gasteiger partial charge in [0.1, 0.15) is 11.3 Å². The molecule has 0 saturated heterocycles. The summed E-state index contributed by atoms with van der Waals surface area (Å²) in [7, 11) is -2.44. The SMILES string of the molecule is C=C(/C=C(\C=C/N)Cc1c(C)c2cc(C)c(Oc3nccs3)cc2oc1=O)NS(=O)(=O)NC. The number of hydrogen-bond acceptors (Lipinski definition) is 8. The third-order valence-corrected chi connectivity index (χ3v) is 6.49. The average molecular weight is 489 g/mol. The largest absolute Gasteiger partial charge is 0.430 e. The molecule has 33 heavy (non-hydrogen) atoms. The normalized spacial score (nSPS) is 12.4. The van der Waals surface area contributed by atoms with E-state index in [0.29, 0.717) is 27.7 Å². The number of aromatic nitrogens is 1. The molecule has 0 spiro atoms. The van der Waals surface area contributed by atoms with Crippen molar-refractivity contribution in [3.05, 3.63) is 87.0 Å². The van der Waals surface area contributed by atoms with Gasteiger partial charge in [0.05, 0.1) is 0 Å². The van der Waals surface area contributed by atoms with Crippen molar-refractivity contribution in [3.8, 4) is 10.9 Å². The van der Waals surface area contributed by atoms with Gasteiger partial charge in [0.2, 0.25) is 0 Å². The maximum atomic E-state index is 12.8. The van der Waals surface area contributed by atoms with Crippen molar-refractivity contribution in [2.24, 2.45) is 5.73 Å². The van der Waals surface area contributed by atoms with Crippen LogP contribution in [-0.2, 0) is 16.6 Å². The Labute approximate surface area is 195 Å². The van der Waals surface area contributed by atoms with E-state index in [-0.39, 0.29) is 12.1 Å². The molecular weight excluding hydrogens is 464 g/mol. The van der Waals surface area contributed by atoms with Crippen LogP contribution < -0.4 is 25.5 Å². The first-order valence-electron chi connectivity index (χ1n) is 9.77. The van der Waals surface area contributed by atoms with E-state index in [1.165, 1.54) is 30.7 Å². The topological polar surface area (TPSA) is 137 Å². The molecule has 0 fully saturated rings. The molecule has 0 unspecified atom stereocenters. The Balaban J connectivity index is 1.99. The third-order valence-electron chi connectivity index (χ3n) is 4.77. The van der Waals surface area contributed by atoms with Gasteiger partial charge < -0.3 is 14.9 Å². The molecule has 2 aromatic heterocycles. The summed E-state index contributed by atoms with van der Waals surface area (Å²) in [4.78, 5) is 16.9. The number of aryl methyl sites for hydroxylation is 2. The van der Waals surface area contributed by atoms with E-state index in [1.54, 1.807) is 18.3 Å². The van der Waals surface area contributed by atoms with Gasteiger partial charge in [-0.15, -0.1) is 0 Å². The van der Waals surface area contributed by atoms with Crippen molar-refractivity contribution in [2.75, 3.05) is 7.05 Å². The number of rotatable bonds is 9. The van der Waals surface area contributed by atoms with Crippen LogP contribution in [0.3, 0.4) is 0 Å². The van der Waals surface area contributed by atoms with E-state index in [4.69, 9.17) is 14.9 Å². The molecule has 0 bridgehead atoms. The van der Waals surface area contributed by atoms with Crippen molar-refractivity contribution in [1.82, 2.24) is 14.4 Å². The van der Waals surface area contributed by atoms with E-state index in [2.05, 4.69) is 21.0 Å². The molecule has 0 radical (unpaired) electrons. The van der Waals surface area contributed by atoms with Crippen molar-refractivity contribution in [1.29, 1.82) is 0 Å². The highest BCUT2D eigenvalue weighted by Gasteiger charge is 2.16. The Morgan fingerprint density at radius 3 is 2.76 bits per heavy atom. The molecule has 9 nitrogen and oxygen atoms in total. The molecule has 4 N–H and O–H groups in total. The van der Waals surface area contributed by atoms with E-state index in [1.807, 2.05) is 25.3 Å². The molecule has 1 aromatic carbocycles. The fourth-order valence-electron chi connectivity index (χ4n) is 3.16. The van der Waals surface area contributed by atoms with Crippen LogP contribution in [0.25, 0.3) is 11.0 Å². The lowest BCUT2D eigenvalue weighted by atomic mass is 9.98. The predicted octanol–water partition coefficient (Wildman–Crippen LogP) is 3.17. The number of allylic oxidation sites excluding steroid dienone is 3. The first-order chi connectivity index (χ1) is 15.6. The minimum Gasteiger partial charge on any atom is -0.430 e. The van der Waals surface area contributed by atoms with E-state index < -0.39 is 15.8 Å². The zero-order valence-electron chi connectivity index (χ0n) is 18.3. The van der Waals surface area contributed by atoms with Gasteiger partial charge in [0.25, 0.3) is 15.4 Å². The number of hydrogen-bond donors (Lipinski definition) is 3. The Bertz CT molecular complexity index is 1400. The summed E-state index contributed by atoms with van der Waals surface area (Å²) >= 11 is 1.36. The van der Waals surface area contributed by atoms with Crippen LogP contribution in [0, 0.1) is 13.8 Å². The summed E-state index contributed by atoms with van der Waals surface area (Å²) < 4.78 is 39.2. The number of nitrogens with one attached hydrogen (secondary N) is 2. The fourth-order valence-corrected chi connectivity index (χ4v) is 4.16. The summed E-state index contributed by atoms with van der Waals surface area (Å²) in [6.45, 7) is 7.42. The number of fused-ring (bicyclic) bond motifs is 1. The number of nitrogens with two attached hydrogens (primary N) is 1.